The number of rotatable bonds is 5. The first kappa shape index (κ1) is 14.1. The summed E-state index contributed by atoms with van der Waals surface area (Å²) in [6.07, 6.45) is 7.47. The predicted molar refractivity (Wildman–Crippen MR) is 87.6 cm³/mol. The van der Waals surface area contributed by atoms with E-state index in [9.17, 15) is 0 Å². The molecule has 0 bridgehead atoms. The van der Waals surface area contributed by atoms with Gasteiger partial charge in [-0.1, -0.05) is 18.2 Å². The predicted octanol–water partition coefficient (Wildman–Crippen LogP) is 2.86. The van der Waals surface area contributed by atoms with Gasteiger partial charge in [0.15, 0.2) is 0 Å². The molecule has 2 heterocycles. The lowest BCUT2D eigenvalue weighted by Gasteiger charge is -2.22. The van der Waals surface area contributed by atoms with Crippen LogP contribution in [-0.2, 0) is 13.0 Å². The average Bonchev–Trinajstić information content (AvgIpc) is 2.94. The number of para-hydroxylation sites is 1. The molecule has 4 nitrogen and oxygen atoms in total. The van der Waals surface area contributed by atoms with Crippen LogP contribution in [0.5, 0.6) is 0 Å². The van der Waals surface area contributed by atoms with E-state index in [1.807, 2.05) is 12.5 Å². The highest BCUT2D eigenvalue weighted by molar-refractivity contribution is 5.78. The van der Waals surface area contributed by atoms with E-state index in [4.69, 9.17) is 0 Å². The topological polar surface area (TPSA) is 33.1 Å². The molecular weight excluding hydrogens is 260 g/mol. The highest BCUT2D eigenvalue weighted by Crippen LogP contribution is 2.33. The molecule has 0 aliphatic carbocycles. The van der Waals surface area contributed by atoms with Gasteiger partial charge in [-0.05, 0) is 45.5 Å². The largest absolute Gasteiger partial charge is 0.384 e. The average molecular weight is 284 g/mol. The van der Waals surface area contributed by atoms with Crippen LogP contribution < -0.4 is 5.32 Å². The summed E-state index contributed by atoms with van der Waals surface area (Å²) in [7, 11) is 4.23. The van der Waals surface area contributed by atoms with Gasteiger partial charge in [0.2, 0.25) is 0 Å². The van der Waals surface area contributed by atoms with E-state index < -0.39 is 0 Å². The van der Waals surface area contributed by atoms with E-state index in [0.29, 0.717) is 0 Å². The van der Waals surface area contributed by atoms with Crippen LogP contribution in [0.25, 0.3) is 11.3 Å². The number of imidazole rings is 1. The number of hydrogen-bond acceptors (Lipinski definition) is 3. The summed E-state index contributed by atoms with van der Waals surface area (Å²) in [5, 5.41) is 3.57. The Morgan fingerprint density at radius 1 is 1.33 bits per heavy atom. The molecule has 0 unspecified atom stereocenters. The van der Waals surface area contributed by atoms with Gasteiger partial charge in [-0.15, -0.1) is 0 Å². The van der Waals surface area contributed by atoms with Crippen molar-refractivity contribution in [3.63, 3.8) is 0 Å². The Labute approximate surface area is 126 Å². The smallest absolute Gasteiger partial charge is 0.0950 e. The third kappa shape index (κ3) is 3.10. The van der Waals surface area contributed by atoms with E-state index in [2.05, 4.69) is 52.1 Å². The Hall–Kier alpha value is -1.81. The first-order valence-corrected chi connectivity index (χ1v) is 7.76. The van der Waals surface area contributed by atoms with E-state index in [1.165, 1.54) is 35.3 Å². The molecule has 0 amide bonds. The zero-order valence-electron chi connectivity index (χ0n) is 13.0. The second-order valence-corrected chi connectivity index (χ2v) is 6.00. The summed E-state index contributed by atoms with van der Waals surface area (Å²) in [5.41, 5.74) is 5.24. The van der Waals surface area contributed by atoms with E-state index in [1.54, 1.807) is 0 Å². The first-order valence-electron chi connectivity index (χ1n) is 7.76. The SMILES string of the molecule is CN(C)CCCn1cncc1-c1cccc2c1NCCC2. The number of nitrogens with zero attached hydrogens (tertiary/aromatic N) is 3. The number of hydrogen-bond donors (Lipinski definition) is 1. The molecule has 2 aromatic rings. The molecule has 0 fully saturated rings. The zero-order chi connectivity index (χ0) is 14.7. The third-order valence-corrected chi connectivity index (χ3v) is 4.07. The van der Waals surface area contributed by atoms with Crippen LogP contribution in [0.2, 0.25) is 0 Å². The maximum Gasteiger partial charge on any atom is 0.0950 e. The van der Waals surface area contributed by atoms with Crippen molar-refractivity contribution >= 4 is 5.69 Å². The molecule has 0 radical (unpaired) electrons. The van der Waals surface area contributed by atoms with Crippen LogP contribution in [0, 0.1) is 0 Å². The first-order chi connectivity index (χ1) is 10.3. The molecule has 4 heteroatoms. The fourth-order valence-corrected chi connectivity index (χ4v) is 3.00. The number of benzene rings is 1. The number of fused-ring (bicyclic) bond motifs is 1. The van der Waals surface area contributed by atoms with Crippen molar-refractivity contribution in [3.8, 4) is 11.3 Å². The molecule has 1 N–H and O–H groups in total. The minimum absolute atomic E-state index is 1.01. The van der Waals surface area contributed by atoms with Gasteiger partial charge in [0.25, 0.3) is 0 Å². The molecule has 3 rings (SSSR count). The molecule has 1 aliphatic heterocycles. The Morgan fingerprint density at radius 3 is 3.10 bits per heavy atom. The second-order valence-electron chi connectivity index (χ2n) is 6.00. The fraction of sp³-hybridized carbons (Fsp3) is 0.471. The quantitative estimate of drug-likeness (QED) is 0.916. The molecule has 112 valence electrons. The second kappa shape index (κ2) is 6.31. The normalized spacial score (nSPS) is 14.0. The van der Waals surface area contributed by atoms with Crippen LogP contribution >= 0.6 is 0 Å². The van der Waals surface area contributed by atoms with Crippen molar-refractivity contribution < 1.29 is 0 Å². The Kier molecular flexibility index (Phi) is 4.25. The molecule has 0 saturated carbocycles. The minimum atomic E-state index is 1.01. The van der Waals surface area contributed by atoms with E-state index in [0.717, 1.165) is 26.1 Å². The van der Waals surface area contributed by atoms with Gasteiger partial charge >= 0.3 is 0 Å². The van der Waals surface area contributed by atoms with Crippen molar-refractivity contribution in [1.82, 2.24) is 14.5 Å². The van der Waals surface area contributed by atoms with Gasteiger partial charge in [-0.2, -0.15) is 0 Å². The third-order valence-electron chi connectivity index (χ3n) is 4.07. The lowest BCUT2D eigenvalue weighted by Crippen LogP contribution is -2.15. The maximum atomic E-state index is 4.37. The lowest BCUT2D eigenvalue weighted by molar-refractivity contribution is 0.387. The highest BCUT2D eigenvalue weighted by atomic mass is 15.1. The van der Waals surface area contributed by atoms with E-state index >= 15 is 0 Å². The molecular formula is C17H24N4. The van der Waals surface area contributed by atoms with Crippen LogP contribution in [0.15, 0.2) is 30.7 Å². The van der Waals surface area contributed by atoms with Crippen molar-refractivity contribution in [2.24, 2.45) is 0 Å². The molecule has 1 aromatic heterocycles. The van der Waals surface area contributed by atoms with Crippen molar-refractivity contribution in [2.75, 3.05) is 32.5 Å². The van der Waals surface area contributed by atoms with Gasteiger partial charge in [0.05, 0.1) is 18.2 Å². The van der Waals surface area contributed by atoms with Gasteiger partial charge in [-0.3, -0.25) is 0 Å². The molecule has 1 aromatic carbocycles. The minimum Gasteiger partial charge on any atom is -0.384 e. The summed E-state index contributed by atoms with van der Waals surface area (Å²) in [6.45, 7) is 3.18. The molecule has 0 atom stereocenters. The van der Waals surface area contributed by atoms with E-state index in [-0.39, 0.29) is 0 Å². The maximum absolute atomic E-state index is 4.37. The van der Waals surface area contributed by atoms with Crippen LogP contribution in [0.1, 0.15) is 18.4 Å². The van der Waals surface area contributed by atoms with Crippen molar-refractivity contribution in [1.29, 1.82) is 0 Å². The molecule has 21 heavy (non-hydrogen) atoms. The van der Waals surface area contributed by atoms with Gasteiger partial charge < -0.3 is 14.8 Å². The van der Waals surface area contributed by atoms with Crippen LogP contribution in [0.4, 0.5) is 5.69 Å². The summed E-state index contributed by atoms with van der Waals surface area (Å²) >= 11 is 0. The zero-order valence-corrected chi connectivity index (χ0v) is 13.0. The fourth-order valence-electron chi connectivity index (χ4n) is 3.00. The summed E-state index contributed by atoms with van der Waals surface area (Å²) in [4.78, 5) is 6.59. The number of anilines is 1. The van der Waals surface area contributed by atoms with Crippen LogP contribution in [0.3, 0.4) is 0 Å². The monoisotopic (exact) mass is 284 g/mol. The highest BCUT2D eigenvalue weighted by Gasteiger charge is 2.15. The molecule has 0 spiro atoms. The summed E-state index contributed by atoms with van der Waals surface area (Å²) in [5.74, 6) is 0. The Balaban J connectivity index is 1.86. The van der Waals surface area contributed by atoms with Crippen molar-refractivity contribution in [2.45, 2.75) is 25.8 Å². The van der Waals surface area contributed by atoms with Gasteiger partial charge in [-0.25, -0.2) is 4.98 Å². The number of aryl methyl sites for hydroxylation is 2. The number of aromatic nitrogens is 2. The van der Waals surface area contributed by atoms with Gasteiger partial charge in [0, 0.05) is 24.3 Å². The summed E-state index contributed by atoms with van der Waals surface area (Å²) in [6, 6.07) is 6.60. The van der Waals surface area contributed by atoms with Gasteiger partial charge in [0.1, 0.15) is 0 Å². The molecule has 0 saturated heterocycles. The van der Waals surface area contributed by atoms with Crippen molar-refractivity contribution in [3.05, 3.63) is 36.3 Å². The molecule has 1 aliphatic rings. The van der Waals surface area contributed by atoms with Crippen LogP contribution in [-0.4, -0.2) is 41.6 Å². The lowest BCUT2D eigenvalue weighted by atomic mass is 9.98. The Morgan fingerprint density at radius 2 is 2.24 bits per heavy atom. The Bertz CT molecular complexity index is 601. The standard InChI is InChI=1S/C17H24N4/c1-20(2)10-5-11-21-13-18-12-16(21)15-8-3-6-14-7-4-9-19-17(14)15/h3,6,8,12-13,19H,4-5,7,9-11H2,1-2H3. The summed E-state index contributed by atoms with van der Waals surface area (Å²) < 4.78 is 2.27. The number of nitrogens with one attached hydrogen (secondary N) is 1.